The number of likely N-dealkylation sites (tertiary alicyclic amines) is 1. The minimum atomic E-state index is 0.0418. The number of aromatic nitrogens is 3. The third kappa shape index (κ3) is 2.47. The lowest BCUT2D eigenvalue weighted by Crippen LogP contribution is -2.32. The Morgan fingerprint density at radius 2 is 1.92 bits per heavy atom. The van der Waals surface area contributed by atoms with Gasteiger partial charge in [-0.15, -0.1) is 0 Å². The molecule has 0 bridgehead atoms. The molecule has 5 nitrogen and oxygen atoms in total. The second-order valence-electron chi connectivity index (χ2n) is 6.92. The predicted molar refractivity (Wildman–Crippen MR) is 102 cm³/mol. The summed E-state index contributed by atoms with van der Waals surface area (Å²) < 4.78 is 0. The van der Waals surface area contributed by atoms with Gasteiger partial charge in [-0.05, 0) is 36.6 Å². The zero-order valence-corrected chi connectivity index (χ0v) is 14.4. The fourth-order valence-corrected chi connectivity index (χ4v) is 4.02. The average molecular weight is 344 g/mol. The van der Waals surface area contributed by atoms with Crippen LogP contribution in [0, 0.1) is 0 Å². The van der Waals surface area contributed by atoms with Crippen molar-refractivity contribution in [2.75, 3.05) is 6.54 Å². The molecular weight excluding hydrogens is 324 g/mol. The van der Waals surface area contributed by atoms with Gasteiger partial charge in [0.1, 0.15) is 5.82 Å². The molecule has 1 saturated heterocycles. The Labute approximate surface area is 151 Å². The lowest BCUT2D eigenvalue weighted by Gasteiger charge is -2.23. The lowest BCUT2D eigenvalue weighted by atomic mass is 10.1. The van der Waals surface area contributed by atoms with Crippen molar-refractivity contribution in [2.24, 2.45) is 0 Å². The Kier molecular flexibility index (Phi) is 3.52. The maximum absolute atomic E-state index is 13.0. The fraction of sp³-hybridized carbons (Fsp3) is 0.238. The van der Waals surface area contributed by atoms with Gasteiger partial charge in [0.25, 0.3) is 0 Å². The van der Waals surface area contributed by atoms with Crippen LogP contribution in [0.25, 0.3) is 21.9 Å². The van der Waals surface area contributed by atoms with Gasteiger partial charge in [-0.3, -0.25) is 4.79 Å². The maximum Gasteiger partial charge on any atom is 0.227 e. The molecule has 3 heterocycles. The first-order valence-corrected chi connectivity index (χ1v) is 9.09. The third-order valence-electron chi connectivity index (χ3n) is 5.31. The van der Waals surface area contributed by atoms with Crippen molar-refractivity contribution >= 4 is 27.8 Å². The maximum atomic E-state index is 13.0. The SMILES string of the molecule is O=C(Cc1c[nH]c2ccccc12)N1CCC[C@H]1c1nc2ccccc2[nH]1. The first-order valence-electron chi connectivity index (χ1n) is 9.09. The molecule has 1 amide bonds. The second-order valence-corrected chi connectivity index (χ2v) is 6.92. The molecule has 0 aliphatic carbocycles. The van der Waals surface area contributed by atoms with E-state index in [9.17, 15) is 4.79 Å². The number of para-hydroxylation sites is 3. The Hall–Kier alpha value is -3.08. The summed E-state index contributed by atoms with van der Waals surface area (Å²) in [5.74, 6) is 1.06. The number of nitrogens with one attached hydrogen (secondary N) is 2. The number of aromatic amines is 2. The van der Waals surface area contributed by atoms with Crippen LogP contribution < -0.4 is 0 Å². The number of hydrogen-bond acceptors (Lipinski definition) is 2. The van der Waals surface area contributed by atoms with Gasteiger partial charge < -0.3 is 14.9 Å². The molecule has 0 saturated carbocycles. The number of H-pyrrole nitrogens is 2. The summed E-state index contributed by atoms with van der Waals surface area (Å²) in [4.78, 5) is 26.4. The van der Waals surface area contributed by atoms with Crippen molar-refractivity contribution < 1.29 is 4.79 Å². The molecule has 5 rings (SSSR count). The Balaban J connectivity index is 1.42. The fourth-order valence-electron chi connectivity index (χ4n) is 4.02. The topological polar surface area (TPSA) is 64.8 Å². The summed E-state index contributed by atoms with van der Waals surface area (Å²) in [5, 5.41) is 1.13. The van der Waals surface area contributed by atoms with Crippen molar-refractivity contribution in [2.45, 2.75) is 25.3 Å². The average Bonchev–Trinajstić information content (AvgIpc) is 3.39. The molecule has 1 atom stereocenters. The monoisotopic (exact) mass is 344 g/mol. The molecule has 26 heavy (non-hydrogen) atoms. The minimum Gasteiger partial charge on any atom is -0.361 e. The predicted octanol–water partition coefficient (Wildman–Crippen LogP) is 3.95. The zero-order valence-electron chi connectivity index (χ0n) is 14.4. The first kappa shape index (κ1) is 15.2. The largest absolute Gasteiger partial charge is 0.361 e. The number of rotatable bonds is 3. The van der Waals surface area contributed by atoms with Crippen LogP contribution >= 0.6 is 0 Å². The van der Waals surface area contributed by atoms with Gasteiger partial charge in [-0.1, -0.05) is 30.3 Å². The van der Waals surface area contributed by atoms with Gasteiger partial charge in [0, 0.05) is 23.6 Å². The van der Waals surface area contributed by atoms with E-state index in [1.165, 1.54) is 0 Å². The van der Waals surface area contributed by atoms with E-state index in [1.807, 2.05) is 53.6 Å². The van der Waals surface area contributed by atoms with Crippen molar-refractivity contribution in [3.05, 3.63) is 66.1 Å². The number of carbonyl (C=O) groups is 1. The summed E-state index contributed by atoms with van der Waals surface area (Å²) in [7, 11) is 0. The summed E-state index contributed by atoms with van der Waals surface area (Å²) >= 11 is 0. The number of amides is 1. The highest BCUT2D eigenvalue weighted by Crippen LogP contribution is 2.32. The number of hydrogen-bond donors (Lipinski definition) is 2. The van der Waals surface area contributed by atoms with Crippen molar-refractivity contribution in [1.82, 2.24) is 19.9 Å². The number of benzene rings is 2. The normalized spacial score (nSPS) is 17.4. The van der Waals surface area contributed by atoms with Gasteiger partial charge in [-0.25, -0.2) is 4.98 Å². The summed E-state index contributed by atoms with van der Waals surface area (Å²) in [5.41, 5.74) is 4.11. The third-order valence-corrected chi connectivity index (χ3v) is 5.31. The van der Waals surface area contributed by atoms with Gasteiger partial charge in [0.05, 0.1) is 23.5 Å². The standard InChI is InChI=1S/C21H20N4O/c26-20(12-14-13-22-16-7-2-1-6-15(14)16)25-11-5-10-19(25)21-23-17-8-3-4-9-18(17)24-21/h1-4,6-9,13,19,22H,5,10-12H2,(H,23,24)/t19-/m0/s1. The van der Waals surface area contributed by atoms with E-state index in [1.54, 1.807) is 0 Å². The van der Waals surface area contributed by atoms with Crippen LogP contribution in [0.5, 0.6) is 0 Å². The molecule has 0 unspecified atom stereocenters. The first-order chi connectivity index (χ1) is 12.8. The van der Waals surface area contributed by atoms with Crippen LogP contribution in [0.1, 0.15) is 30.3 Å². The van der Waals surface area contributed by atoms with E-state index < -0.39 is 0 Å². The molecule has 1 aliphatic heterocycles. The summed E-state index contributed by atoms with van der Waals surface area (Å²) in [6, 6.07) is 16.2. The van der Waals surface area contributed by atoms with Crippen LogP contribution in [-0.2, 0) is 11.2 Å². The molecule has 0 radical (unpaired) electrons. The molecule has 2 aromatic heterocycles. The Morgan fingerprint density at radius 1 is 1.12 bits per heavy atom. The van der Waals surface area contributed by atoms with Crippen LogP contribution in [0.3, 0.4) is 0 Å². The number of fused-ring (bicyclic) bond motifs is 2. The molecule has 0 spiro atoms. The molecule has 130 valence electrons. The van der Waals surface area contributed by atoms with Crippen LogP contribution in [0.2, 0.25) is 0 Å². The lowest BCUT2D eigenvalue weighted by molar-refractivity contribution is -0.131. The molecule has 2 N–H and O–H groups in total. The molecule has 4 aromatic rings. The van der Waals surface area contributed by atoms with E-state index in [0.29, 0.717) is 6.42 Å². The van der Waals surface area contributed by atoms with E-state index in [2.05, 4.69) is 16.0 Å². The van der Waals surface area contributed by atoms with Gasteiger partial charge in [0.2, 0.25) is 5.91 Å². The number of nitrogens with zero attached hydrogens (tertiary/aromatic N) is 2. The Morgan fingerprint density at radius 3 is 2.81 bits per heavy atom. The van der Waals surface area contributed by atoms with E-state index in [4.69, 9.17) is 4.98 Å². The van der Waals surface area contributed by atoms with Crippen molar-refractivity contribution in [3.8, 4) is 0 Å². The van der Waals surface area contributed by atoms with E-state index in [0.717, 1.165) is 52.7 Å². The van der Waals surface area contributed by atoms with Crippen LogP contribution in [0.4, 0.5) is 0 Å². The minimum absolute atomic E-state index is 0.0418. The number of carbonyl (C=O) groups excluding carboxylic acids is 1. The quantitative estimate of drug-likeness (QED) is 0.591. The molecule has 2 aromatic carbocycles. The Bertz CT molecular complexity index is 1060. The molecular formula is C21H20N4O. The highest BCUT2D eigenvalue weighted by Gasteiger charge is 2.32. The molecule has 5 heteroatoms. The second kappa shape index (κ2) is 6.02. The van der Waals surface area contributed by atoms with E-state index >= 15 is 0 Å². The van der Waals surface area contributed by atoms with Gasteiger partial charge in [-0.2, -0.15) is 0 Å². The number of imidazole rings is 1. The molecule has 1 fully saturated rings. The van der Waals surface area contributed by atoms with Gasteiger partial charge >= 0.3 is 0 Å². The highest BCUT2D eigenvalue weighted by molar-refractivity contribution is 5.89. The highest BCUT2D eigenvalue weighted by atomic mass is 16.2. The van der Waals surface area contributed by atoms with Crippen molar-refractivity contribution in [1.29, 1.82) is 0 Å². The smallest absolute Gasteiger partial charge is 0.227 e. The van der Waals surface area contributed by atoms with E-state index in [-0.39, 0.29) is 11.9 Å². The molecule has 1 aliphatic rings. The van der Waals surface area contributed by atoms with Crippen LogP contribution in [-0.4, -0.2) is 32.3 Å². The van der Waals surface area contributed by atoms with Crippen LogP contribution in [0.15, 0.2) is 54.7 Å². The zero-order chi connectivity index (χ0) is 17.5. The summed E-state index contributed by atoms with van der Waals surface area (Å²) in [6.07, 6.45) is 4.34. The van der Waals surface area contributed by atoms with Gasteiger partial charge in [0.15, 0.2) is 0 Å². The van der Waals surface area contributed by atoms with Crippen molar-refractivity contribution in [3.63, 3.8) is 0 Å². The summed E-state index contributed by atoms with van der Waals surface area (Å²) in [6.45, 7) is 0.795.